The summed E-state index contributed by atoms with van der Waals surface area (Å²) in [5, 5.41) is 20.7. The molecule has 208 valence electrons. The van der Waals surface area contributed by atoms with Gasteiger partial charge in [0, 0.05) is 11.6 Å². The Hall–Kier alpha value is -5.38. The van der Waals surface area contributed by atoms with Crippen molar-refractivity contribution in [2.75, 3.05) is 0 Å². The molecule has 0 heterocycles. The summed E-state index contributed by atoms with van der Waals surface area (Å²) in [6.45, 7) is 2.42. The third-order valence-electron chi connectivity index (χ3n) is 6.33. The Labute approximate surface area is 251 Å². The number of hydrogen-bond acceptors (Lipinski definition) is 6. The van der Waals surface area contributed by atoms with Crippen molar-refractivity contribution >= 4 is 33.9 Å². The number of rotatable bonds is 9. The quantitative estimate of drug-likeness (QED) is 0.160. The van der Waals surface area contributed by atoms with Crippen LogP contribution in [-0.2, 0) is 18.0 Å². The maximum Gasteiger partial charge on any atom is 0.319 e. The van der Waals surface area contributed by atoms with Gasteiger partial charge in [0.2, 0.25) is 0 Å². The molecule has 0 aromatic heterocycles. The smallest absolute Gasteiger partial charge is 0.319 e. The molecule has 4 aromatic carbocycles. The first-order valence-corrected chi connectivity index (χ1v) is 13.5. The number of imide groups is 1. The molecule has 4 aromatic rings. The molecule has 0 bridgehead atoms. The number of nitrogens with one attached hydrogen (secondary N) is 1. The van der Waals surface area contributed by atoms with E-state index in [1.165, 1.54) is 6.08 Å². The summed E-state index contributed by atoms with van der Waals surface area (Å²) in [5.41, 5.74) is 10.6. The number of nitrogens with two attached hydrogens (primary N) is 1. The number of amides is 3. The summed E-state index contributed by atoms with van der Waals surface area (Å²) in [4.78, 5) is 23.5. The van der Waals surface area contributed by atoms with E-state index < -0.39 is 11.9 Å². The van der Waals surface area contributed by atoms with Crippen LogP contribution in [0.25, 0.3) is 17.2 Å². The van der Waals surface area contributed by atoms with Crippen LogP contribution in [0.3, 0.4) is 0 Å². The van der Waals surface area contributed by atoms with Gasteiger partial charge in [-0.1, -0.05) is 60.7 Å². The number of benzene rings is 4. The van der Waals surface area contributed by atoms with Crippen LogP contribution in [0.2, 0.25) is 0 Å². The Bertz CT molecular complexity index is 1750. The van der Waals surface area contributed by atoms with Gasteiger partial charge < -0.3 is 15.2 Å². The van der Waals surface area contributed by atoms with E-state index in [0.717, 1.165) is 27.8 Å². The third kappa shape index (κ3) is 7.42. The average Bonchev–Trinajstić information content (AvgIpc) is 2.99. The highest BCUT2D eigenvalue weighted by Gasteiger charge is 2.16. The lowest BCUT2D eigenvalue weighted by Crippen LogP contribution is -2.35. The standard InChI is InChI=1S/C33H25BrN4O4/c1-21-25(11-6-12-28(21)24-9-3-2-4-10-24)20-42-31-16-30(41-19-23-8-5-7-22(13-23)17-35)26(15-29(31)34)14-27(18-36)32(39)38-33(37)40/h2-16H,19-20H2,1H3,(H3,37,38,39,40)/b27-14+. The largest absolute Gasteiger partial charge is 0.488 e. The lowest BCUT2D eigenvalue weighted by Gasteiger charge is -2.16. The van der Waals surface area contributed by atoms with Crippen molar-refractivity contribution in [3.8, 4) is 34.8 Å². The monoisotopic (exact) mass is 620 g/mol. The zero-order valence-corrected chi connectivity index (χ0v) is 24.1. The van der Waals surface area contributed by atoms with Crippen LogP contribution >= 0.6 is 15.9 Å². The molecule has 0 aliphatic rings. The molecule has 0 saturated carbocycles. The van der Waals surface area contributed by atoms with E-state index in [9.17, 15) is 20.1 Å². The normalized spacial score (nSPS) is 10.7. The first kappa shape index (κ1) is 29.6. The molecule has 4 rings (SSSR count). The van der Waals surface area contributed by atoms with Crippen molar-refractivity contribution in [1.29, 1.82) is 10.5 Å². The molecular formula is C33H25BrN4O4. The summed E-state index contributed by atoms with van der Waals surface area (Å²) >= 11 is 3.53. The average molecular weight is 621 g/mol. The van der Waals surface area contributed by atoms with Crippen molar-refractivity contribution in [2.24, 2.45) is 5.73 Å². The Kier molecular flexibility index (Phi) is 9.73. The lowest BCUT2D eigenvalue weighted by molar-refractivity contribution is -0.115. The summed E-state index contributed by atoms with van der Waals surface area (Å²) in [7, 11) is 0. The van der Waals surface area contributed by atoms with Gasteiger partial charge >= 0.3 is 6.03 Å². The maximum atomic E-state index is 12.3. The van der Waals surface area contributed by atoms with E-state index in [4.69, 9.17) is 15.2 Å². The second-order valence-electron chi connectivity index (χ2n) is 9.15. The molecule has 3 amide bonds. The van der Waals surface area contributed by atoms with Gasteiger partial charge in [0.1, 0.15) is 36.4 Å². The minimum absolute atomic E-state index is 0.102. The van der Waals surface area contributed by atoms with Crippen LogP contribution in [0.1, 0.15) is 27.8 Å². The molecule has 9 heteroatoms. The molecule has 0 fully saturated rings. The number of primary amides is 1. The highest BCUT2D eigenvalue weighted by molar-refractivity contribution is 9.10. The fourth-order valence-electron chi connectivity index (χ4n) is 4.20. The number of carbonyl (C=O) groups is 2. The molecule has 0 atom stereocenters. The van der Waals surface area contributed by atoms with Crippen molar-refractivity contribution in [3.05, 3.63) is 123 Å². The van der Waals surface area contributed by atoms with Gasteiger partial charge in [-0.3, -0.25) is 10.1 Å². The van der Waals surface area contributed by atoms with E-state index in [0.29, 0.717) is 27.1 Å². The molecule has 3 N–H and O–H groups in total. The highest BCUT2D eigenvalue weighted by Crippen LogP contribution is 2.36. The van der Waals surface area contributed by atoms with Gasteiger partial charge in [-0.2, -0.15) is 10.5 Å². The summed E-state index contributed by atoms with van der Waals surface area (Å²) in [6.07, 6.45) is 1.29. The van der Waals surface area contributed by atoms with Gasteiger partial charge in [0.05, 0.1) is 16.1 Å². The maximum absolute atomic E-state index is 12.3. The summed E-state index contributed by atoms with van der Waals surface area (Å²) < 4.78 is 12.9. The van der Waals surface area contributed by atoms with Crippen LogP contribution in [0, 0.1) is 29.6 Å². The molecule has 0 saturated heterocycles. The van der Waals surface area contributed by atoms with Crippen molar-refractivity contribution < 1.29 is 19.1 Å². The molecular weight excluding hydrogens is 596 g/mol. The molecule has 42 heavy (non-hydrogen) atoms. The van der Waals surface area contributed by atoms with Crippen LogP contribution in [-0.4, -0.2) is 11.9 Å². The Balaban J connectivity index is 1.66. The van der Waals surface area contributed by atoms with E-state index in [2.05, 4.69) is 47.1 Å². The Morgan fingerprint density at radius 2 is 1.67 bits per heavy atom. The minimum atomic E-state index is -1.08. The molecule has 0 unspecified atom stereocenters. The number of carbonyl (C=O) groups excluding carboxylic acids is 2. The Morgan fingerprint density at radius 3 is 2.38 bits per heavy atom. The molecule has 0 spiro atoms. The SMILES string of the molecule is Cc1c(COc2cc(OCc3cccc(C#N)c3)c(/C=C(\C#N)C(=O)NC(N)=O)cc2Br)cccc1-c1ccccc1. The van der Waals surface area contributed by atoms with Gasteiger partial charge in [0.25, 0.3) is 5.91 Å². The van der Waals surface area contributed by atoms with Gasteiger partial charge in [-0.25, -0.2) is 4.79 Å². The van der Waals surface area contributed by atoms with Crippen LogP contribution < -0.4 is 20.5 Å². The number of urea groups is 1. The van der Waals surface area contributed by atoms with E-state index in [-0.39, 0.29) is 18.8 Å². The number of ether oxygens (including phenoxy) is 2. The zero-order chi connectivity index (χ0) is 30.1. The second kappa shape index (κ2) is 13.8. The number of halogens is 1. The van der Waals surface area contributed by atoms with Crippen molar-refractivity contribution in [1.82, 2.24) is 5.32 Å². The first-order chi connectivity index (χ1) is 20.3. The molecule has 8 nitrogen and oxygen atoms in total. The third-order valence-corrected chi connectivity index (χ3v) is 6.95. The number of nitrogens with zero attached hydrogens (tertiary/aromatic N) is 2. The van der Waals surface area contributed by atoms with Crippen LogP contribution in [0.5, 0.6) is 11.5 Å². The van der Waals surface area contributed by atoms with Gasteiger partial charge in [0.15, 0.2) is 0 Å². The predicted octanol–water partition coefficient (Wildman–Crippen LogP) is 6.56. The summed E-state index contributed by atoms with van der Waals surface area (Å²) in [5.74, 6) is -0.162. The van der Waals surface area contributed by atoms with E-state index in [1.807, 2.05) is 41.7 Å². The summed E-state index contributed by atoms with van der Waals surface area (Å²) in [6, 6.07) is 29.2. The highest BCUT2D eigenvalue weighted by atomic mass is 79.9. The molecule has 0 aliphatic heterocycles. The van der Waals surface area contributed by atoms with Gasteiger partial charge in [-0.15, -0.1) is 0 Å². The molecule has 0 aliphatic carbocycles. The zero-order valence-electron chi connectivity index (χ0n) is 22.6. The Morgan fingerprint density at radius 1 is 0.929 bits per heavy atom. The molecule has 0 radical (unpaired) electrons. The second-order valence-corrected chi connectivity index (χ2v) is 10.0. The number of nitriles is 2. The lowest BCUT2D eigenvalue weighted by atomic mass is 9.97. The van der Waals surface area contributed by atoms with Crippen LogP contribution in [0.15, 0.2) is 95.0 Å². The van der Waals surface area contributed by atoms with Crippen LogP contribution in [0.4, 0.5) is 4.79 Å². The van der Waals surface area contributed by atoms with Crippen molar-refractivity contribution in [2.45, 2.75) is 20.1 Å². The topological polar surface area (TPSA) is 138 Å². The fourth-order valence-corrected chi connectivity index (χ4v) is 4.67. The first-order valence-electron chi connectivity index (χ1n) is 12.7. The van der Waals surface area contributed by atoms with E-state index >= 15 is 0 Å². The predicted molar refractivity (Wildman–Crippen MR) is 162 cm³/mol. The van der Waals surface area contributed by atoms with Gasteiger partial charge in [-0.05, 0) is 74.9 Å². The number of hydrogen-bond donors (Lipinski definition) is 2. The minimum Gasteiger partial charge on any atom is -0.488 e. The van der Waals surface area contributed by atoms with Crippen molar-refractivity contribution in [3.63, 3.8) is 0 Å². The van der Waals surface area contributed by atoms with E-state index in [1.54, 1.807) is 36.4 Å². The fraction of sp³-hybridized carbons (Fsp3) is 0.0909.